The minimum atomic E-state index is -1.09. The van der Waals surface area contributed by atoms with Crippen molar-refractivity contribution in [3.8, 4) is 11.5 Å². The van der Waals surface area contributed by atoms with Crippen LogP contribution in [0.15, 0.2) is 47.3 Å². The number of aliphatic carboxylic acids is 1. The first-order valence-corrected chi connectivity index (χ1v) is 9.29. The normalized spacial score (nSPS) is 13.1. The van der Waals surface area contributed by atoms with Crippen LogP contribution in [-0.4, -0.2) is 33.7 Å². The van der Waals surface area contributed by atoms with E-state index >= 15 is 0 Å². The van der Waals surface area contributed by atoms with Crippen LogP contribution in [0.4, 0.5) is 0 Å². The number of hydrogen-bond donors (Lipinski definition) is 1. The molecule has 142 valence electrons. The molecule has 0 saturated carbocycles. The predicted octanol–water partition coefficient (Wildman–Crippen LogP) is 2.32. The molecule has 0 saturated heterocycles. The van der Waals surface area contributed by atoms with Crippen LogP contribution in [0.3, 0.4) is 0 Å². The fourth-order valence-electron chi connectivity index (χ4n) is 2.91. The summed E-state index contributed by atoms with van der Waals surface area (Å²) < 4.78 is 12.9. The highest BCUT2D eigenvalue weighted by Gasteiger charge is 2.18. The molecule has 8 heteroatoms. The molecule has 0 unspecified atom stereocenters. The van der Waals surface area contributed by atoms with Crippen LogP contribution in [0.25, 0.3) is 22.1 Å². The van der Waals surface area contributed by atoms with E-state index in [9.17, 15) is 9.59 Å². The van der Waals surface area contributed by atoms with Crippen LogP contribution in [0.2, 0.25) is 0 Å². The number of carbonyl (C=O) groups is 1. The lowest BCUT2D eigenvalue weighted by Gasteiger charge is -2.15. The maximum atomic E-state index is 12.9. The van der Waals surface area contributed by atoms with E-state index in [1.54, 1.807) is 28.7 Å². The molecule has 0 fully saturated rings. The Hall–Kier alpha value is -3.39. The second kappa shape index (κ2) is 6.97. The number of fused-ring (bicyclic) bond motifs is 3. The van der Waals surface area contributed by atoms with Gasteiger partial charge in [0, 0.05) is 5.56 Å². The molecule has 0 aliphatic carbocycles. The summed E-state index contributed by atoms with van der Waals surface area (Å²) in [6.07, 6.45) is 0.600. The molecule has 0 aliphatic rings. The van der Waals surface area contributed by atoms with Gasteiger partial charge in [-0.15, -0.1) is 0 Å². The van der Waals surface area contributed by atoms with E-state index in [4.69, 9.17) is 14.6 Å². The number of hydrogen-bond acceptors (Lipinski definition) is 6. The molecule has 2 aromatic carbocycles. The van der Waals surface area contributed by atoms with Crippen molar-refractivity contribution in [2.75, 3.05) is 7.11 Å². The summed E-state index contributed by atoms with van der Waals surface area (Å²) in [5.74, 6) is -0.432. The number of benzene rings is 2. The minimum absolute atomic E-state index is 0.186. The summed E-state index contributed by atoms with van der Waals surface area (Å²) in [4.78, 5) is 29.2. The Kier molecular flexibility index (Phi) is 4.48. The van der Waals surface area contributed by atoms with E-state index in [0.717, 1.165) is 11.0 Å². The van der Waals surface area contributed by atoms with Crippen molar-refractivity contribution < 1.29 is 19.4 Å². The molecule has 1 atom stereocenters. The monoisotopic (exact) mass is 396 g/mol. The van der Waals surface area contributed by atoms with Crippen LogP contribution in [-0.2, 0) is 4.79 Å². The molecule has 2 heterocycles. The van der Waals surface area contributed by atoms with Gasteiger partial charge in [0.05, 0.1) is 22.7 Å². The van der Waals surface area contributed by atoms with E-state index in [1.165, 1.54) is 25.4 Å². The standard InChI is InChI=1S/C20H16N2O5S/c1-11(19(24)25)27-17-12(6-5-9-15(17)26-2)10-16-18(23)22-14-8-4-3-7-13(14)21-20(22)28-16/h3-11H,1-2H3,(H,24,25)/b16-10-/t11-/m1/s1. The van der Waals surface area contributed by atoms with E-state index in [2.05, 4.69) is 4.98 Å². The van der Waals surface area contributed by atoms with Gasteiger partial charge < -0.3 is 14.6 Å². The predicted molar refractivity (Wildman–Crippen MR) is 106 cm³/mol. The SMILES string of the molecule is COc1cccc(/C=c2\sc3nc4ccccc4n3c2=O)c1O[C@H](C)C(=O)O. The zero-order valence-electron chi connectivity index (χ0n) is 15.1. The lowest BCUT2D eigenvalue weighted by atomic mass is 10.1. The maximum absolute atomic E-state index is 12.9. The van der Waals surface area contributed by atoms with Crippen molar-refractivity contribution in [3.05, 3.63) is 62.9 Å². The fraction of sp³-hybridized carbons (Fsp3) is 0.150. The largest absolute Gasteiger partial charge is 0.493 e. The number of rotatable bonds is 5. The second-order valence-corrected chi connectivity index (χ2v) is 7.12. The van der Waals surface area contributed by atoms with Crippen molar-refractivity contribution in [1.82, 2.24) is 9.38 Å². The molecular weight excluding hydrogens is 380 g/mol. The van der Waals surface area contributed by atoms with Gasteiger partial charge in [-0.2, -0.15) is 0 Å². The van der Waals surface area contributed by atoms with Gasteiger partial charge >= 0.3 is 5.97 Å². The average molecular weight is 396 g/mol. The Morgan fingerprint density at radius 3 is 2.79 bits per heavy atom. The van der Waals surface area contributed by atoms with Gasteiger partial charge in [0.25, 0.3) is 5.56 Å². The summed E-state index contributed by atoms with van der Waals surface area (Å²) in [5.41, 5.74) is 1.88. The van der Waals surface area contributed by atoms with Crippen LogP contribution in [0.5, 0.6) is 11.5 Å². The van der Waals surface area contributed by atoms with Crippen LogP contribution >= 0.6 is 11.3 Å². The molecule has 4 aromatic rings. The van der Waals surface area contributed by atoms with Crippen LogP contribution in [0.1, 0.15) is 12.5 Å². The second-order valence-electron chi connectivity index (χ2n) is 6.11. The van der Waals surface area contributed by atoms with Gasteiger partial charge in [0.15, 0.2) is 22.6 Å². The van der Waals surface area contributed by atoms with Gasteiger partial charge in [0.1, 0.15) is 0 Å². The zero-order valence-corrected chi connectivity index (χ0v) is 15.9. The Bertz CT molecular complexity index is 1310. The van der Waals surface area contributed by atoms with Crippen molar-refractivity contribution in [1.29, 1.82) is 0 Å². The molecule has 4 rings (SSSR count). The van der Waals surface area contributed by atoms with Gasteiger partial charge in [-0.05, 0) is 31.2 Å². The van der Waals surface area contributed by atoms with E-state index < -0.39 is 12.1 Å². The number of methoxy groups -OCH3 is 1. The summed E-state index contributed by atoms with van der Waals surface area (Å²) in [6.45, 7) is 1.43. The quantitative estimate of drug-likeness (QED) is 0.557. The third-order valence-corrected chi connectivity index (χ3v) is 5.27. The lowest BCUT2D eigenvalue weighted by molar-refractivity contribution is -0.144. The fourth-order valence-corrected chi connectivity index (χ4v) is 3.89. The number of thiazole rings is 1. The molecule has 0 aliphatic heterocycles. The first-order chi connectivity index (χ1) is 13.5. The number of carboxylic acid groups (broad SMARTS) is 1. The summed E-state index contributed by atoms with van der Waals surface area (Å²) in [5, 5.41) is 9.16. The summed E-state index contributed by atoms with van der Waals surface area (Å²) in [6, 6.07) is 12.6. The highest BCUT2D eigenvalue weighted by Crippen LogP contribution is 2.32. The molecule has 0 spiro atoms. The summed E-state index contributed by atoms with van der Waals surface area (Å²) >= 11 is 1.26. The van der Waals surface area contributed by atoms with E-state index in [0.29, 0.717) is 20.8 Å². The Morgan fingerprint density at radius 1 is 1.25 bits per heavy atom. The molecule has 7 nitrogen and oxygen atoms in total. The lowest BCUT2D eigenvalue weighted by Crippen LogP contribution is -2.24. The molecule has 28 heavy (non-hydrogen) atoms. The molecule has 0 amide bonds. The smallest absolute Gasteiger partial charge is 0.344 e. The molecule has 0 radical (unpaired) electrons. The van der Waals surface area contributed by atoms with Gasteiger partial charge in [0.2, 0.25) is 0 Å². The van der Waals surface area contributed by atoms with Crippen LogP contribution in [0, 0.1) is 0 Å². The van der Waals surface area contributed by atoms with Crippen molar-refractivity contribution in [3.63, 3.8) is 0 Å². The van der Waals surface area contributed by atoms with Crippen LogP contribution < -0.4 is 19.6 Å². The van der Waals surface area contributed by atoms with Gasteiger partial charge in [-0.3, -0.25) is 4.79 Å². The number of imidazole rings is 1. The first kappa shape index (κ1) is 18.0. The van der Waals surface area contributed by atoms with Gasteiger partial charge in [-0.1, -0.05) is 35.6 Å². The van der Waals surface area contributed by atoms with Crippen molar-refractivity contribution >= 4 is 39.4 Å². The zero-order chi connectivity index (χ0) is 19.8. The third kappa shape index (κ3) is 2.97. The number of nitrogens with zero attached hydrogens (tertiary/aromatic N) is 2. The Labute approximate surface area is 163 Å². The highest BCUT2D eigenvalue weighted by atomic mass is 32.1. The number of carboxylic acids is 1. The minimum Gasteiger partial charge on any atom is -0.493 e. The van der Waals surface area contributed by atoms with E-state index in [-0.39, 0.29) is 11.3 Å². The Morgan fingerprint density at radius 2 is 2.04 bits per heavy atom. The maximum Gasteiger partial charge on any atom is 0.344 e. The first-order valence-electron chi connectivity index (χ1n) is 8.48. The number of ether oxygens (including phenoxy) is 2. The molecule has 2 aromatic heterocycles. The number of aromatic nitrogens is 2. The number of para-hydroxylation sites is 3. The van der Waals surface area contributed by atoms with Crippen molar-refractivity contribution in [2.24, 2.45) is 0 Å². The topological polar surface area (TPSA) is 90.1 Å². The average Bonchev–Trinajstić information content (AvgIpc) is 3.19. The highest BCUT2D eigenvalue weighted by molar-refractivity contribution is 7.15. The van der Waals surface area contributed by atoms with Gasteiger partial charge in [-0.25, -0.2) is 14.2 Å². The van der Waals surface area contributed by atoms with E-state index in [1.807, 2.05) is 24.3 Å². The Balaban J connectivity index is 1.90. The summed E-state index contributed by atoms with van der Waals surface area (Å²) in [7, 11) is 1.47. The molecule has 0 bridgehead atoms. The molecular formula is C20H16N2O5S. The molecule has 1 N–H and O–H groups in total. The van der Waals surface area contributed by atoms with Crippen molar-refractivity contribution in [2.45, 2.75) is 13.0 Å². The third-order valence-electron chi connectivity index (χ3n) is 4.30.